The summed E-state index contributed by atoms with van der Waals surface area (Å²) < 4.78 is 40.3. The van der Waals surface area contributed by atoms with Crippen molar-refractivity contribution in [3.63, 3.8) is 0 Å². The molecule has 0 aliphatic carbocycles. The van der Waals surface area contributed by atoms with Gasteiger partial charge in [-0.3, -0.25) is 4.79 Å². The number of aliphatic hydroxyl groups is 1. The van der Waals surface area contributed by atoms with Crippen molar-refractivity contribution in [1.29, 1.82) is 0 Å². The standard InChI is InChI=1S/C14H12F3N.C8H16N2O2.C2H6/c1-8-3-6-12(11(16)7-8)18-14-9(2)4-5-10(15)13(14)17;1-2-3-7(9)8(12)4-10(5-8)6-11;1-2/h3-7,18H,1-2H3;6-7,12H,2-5,9H2,1H3;1-2H3. The fraction of sp³-hybridized carbons (Fsp3) is 0.458. The molecule has 0 aromatic heterocycles. The van der Waals surface area contributed by atoms with Gasteiger partial charge < -0.3 is 21.1 Å². The normalized spacial score (nSPS) is 14.8. The van der Waals surface area contributed by atoms with Crippen LogP contribution in [-0.2, 0) is 4.79 Å². The Morgan fingerprint density at radius 1 is 1.16 bits per heavy atom. The molecular weight excluding hydrogens is 419 g/mol. The van der Waals surface area contributed by atoms with Crippen LogP contribution >= 0.6 is 0 Å². The smallest absolute Gasteiger partial charge is 0.209 e. The third-order valence-electron chi connectivity index (χ3n) is 5.08. The van der Waals surface area contributed by atoms with Crippen molar-refractivity contribution in [1.82, 2.24) is 4.90 Å². The van der Waals surface area contributed by atoms with E-state index in [0.29, 0.717) is 18.7 Å². The second kappa shape index (κ2) is 12.5. The number of β-amino-alcohol motifs (C(OH)–C–C–N with tert-alkyl or cyclic N) is 1. The molecule has 1 aliphatic rings. The molecule has 2 aromatic rings. The van der Waals surface area contributed by atoms with Crippen LogP contribution in [0.4, 0.5) is 24.5 Å². The highest BCUT2D eigenvalue weighted by Crippen LogP contribution is 2.27. The number of benzene rings is 2. The summed E-state index contributed by atoms with van der Waals surface area (Å²) in [6.07, 6.45) is 2.51. The zero-order valence-electron chi connectivity index (χ0n) is 19.4. The highest BCUT2D eigenvalue weighted by Gasteiger charge is 2.44. The van der Waals surface area contributed by atoms with Crippen molar-refractivity contribution in [2.45, 2.75) is 59.1 Å². The first kappa shape index (κ1) is 27.5. The molecular formula is C24H34F3N3O2. The summed E-state index contributed by atoms with van der Waals surface area (Å²) in [7, 11) is 0. The molecule has 5 nitrogen and oxygen atoms in total. The van der Waals surface area contributed by atoms with Gasteiger partial charge in [0.25, 0.3) is 0 Å². The van der Waals surface area contributed by atoms with Crippen LogP contribution in [0.5, 0.6) is 0 Å². The Labute approximate surface area is 188 Å². The SMILES string of the molecule is CC.CCCC(N)C1(O)CN(C=O)C1.Cc1ccc(Nc2c(C)ccc(F)c2F)c(F)c1. The van der Waals surface area contributed by atoms with Crippen molar-refractivity contribution >= 4 is 17.8 Å². The van der Waals surface area contributed by atoms with E-state index in [-0.39, 0.29) is 17.4 Å². The van der Waals surface area contributed by atoms with Crippen molar-refractivity contribution < 1.29 is 23.1 Å². The van der Waals surface area contributed by atoms with Crippen molar-refractivity contribution in [3.05, 3.63) is 58.9 Å². The Kier molecular flexibility index (Phi) is 10.7. The van der Waals surface area contributed by atoms with Crippen LogP contribution in [0.3, 0.4) is 0 Å². The zero-order chi connectivity index (χ0) is 24.5. The van der Waals surface area contributed by atoms with E-state index in [4.69, 9.17) is 5.73 Å². The average Bonchev–Trinajstić information content (AvgIpc) is 2.75. The third kappa shape index (κ3) is 6.97. The monoisotopic (exact) mass is 453 g/mol. The van der Waals surface area contributed by atoms with Gasteiger partial charge in [-0.2, -0.15) is 0 Å². The molecule has 32 heavy (non-hydrogen) atoms. The van der Waals surface area contributed by atoms with Crippen LogP contribution < -0.4 is 11.1 Å². The van der Waals surface area contributed by atoms with Crippen LogP contribution in [0.1, 0.15) is 44.7 Å². The third-order valence-corrected chi connectivity index (χ3v) is 5.08. The Hall–Kier alpha value is -2.58. The van der Waals surface area contributed by atoms with Gasteiger partial charge >= 0.3 is 0 Å². The maximum Gasteiger partial charge on any atom is 0.209 e. The first-order valence-electron chi connectivity index (χ1n) is 10.8. The molecule has 4 N–H and O–H groups in total. The number of rotatable bonds is 6. The van der Waals surface area contributed by atoms with Crippen LogP contribution in [0.25, 0.3) is 0 Å². The number of anilines is 2. The lowest BCUT2D eigenvalue weighted by Crippen LogP contribution is -2.69. The zero-order valence-corrected chi connectivity index (χ0v) is 19.4. The Bertz CT molecular complexity index is 887. The summed E-state index contributed by atoms with van der Waals surface area (Å²) in [4.78, 5) is 11.8. The van der Waals surface area contributed by atoms with E-state index >= 15 is 0 Å². The number of carbonyl (C=O) groups excluding carboxylic acids is 1. The largest absolute Gasteiger partial charge is 0.385 e. The molecule has 1 saturated heterocycles. The summed E-state index contributed by atoms with van der Waals surface area (Å²) in [6.45, 7) is 10.2. The average molecular weight is 454 g/mol. The maximum atomic E-state index is 13.6. The minimum absolute atomic E-state index is 0.0437. The summed E-state index contributed by atoms with van der Waals surface area (Å²) in [5.74, 6) is -2.47. The molecule has 0 bridgehead atoms. The van der Waals surface area contributed by atoms with Crippen LogP contribution in [0.2, 0.25) is 0 Å². The molecule has 0 saturated carbocycles. The molecule has 1 amide bonds. The molecule has 178 valence electrons. The lowest BCUT2D eigenvalue weighted by molar-refractivity contribution is -0.146. The predicted molar refractivity (Wildman–Crippen MR) is 122 cm³/mol. The van der Waals surface area contributed by atoms with Crippen molar-refractivity contribution in [2.24, 2.45) is 5.73 Å². The van der Waals surface area contributed by atoms with Gasteiger partial charge in [-0.15, -0.1) is 0 Å². The molecule has 1 unspecified atom stereocenters. The number of amides is 1. The van der Waals surface area contributed by atoms with Gasteiger partial charge in [0.1, 0.15) is 11.4 Å². The molecule has 1 fully saturated rings. The molecule has 2 aromatic carbocycles. The fourth-order valence-corrected chi connectivity index (χ4v) is 3.20. The Balaban J connectivity index is 0.000000318. The van der Waals surface area contributed by atoms with Gasteiger partial charge in [0.15, 0.2) is 11.6 Å². The number of nitrogens with two attached hydrogens (primary N) is 1. The molecule has 3 rings (SSSR count). The van der Waals surface area contributed by atoms with Crippen LogP contribution in [0, 0.1) is 31.3 Å². The van der Waals surface area contributed by atoms with E-state index in [1.807, 2.05) is 20.8 Å². The molecule has 1 aliphatic heterocycles. The number of nitrogens with zero attached hydrogens (tertiary/aromatic N) is 1. The van der Waals surface area contributed by atoms with E-state index < -0.39 is 23.1 Å². The van der Waals surface area contributed by atoms with Crippen LogP contribution in [0.15, 0.2) is 30.3 Å². The Morgan fingerprint density at radius 2 is 1.78 bits per heavy atom. The highest BCUT2D eigenvalue weighted by molar-refractivity contribution is 5.64. The second-order valence-electron chi connectivity index (χ2n) is 7.67. The second-order valence-corrected chi connectivity index (χ2v) is 7.67. The minimum atomic E-state index is -1.00. The lowest BCUT2D eigenvalue weighted by Gasteiger charge is -2.47. The first-order valence-corrected chi connectivity index (χ1v) is 10.8. The van der Waals surface area contributed by atoms with E-state index in [0.717, 1.165) is 30.9 Å². The summed E-state index contributed by atoms with van der Waals surface area (Å²) in [6, 6.07) is 6.80. The van der Waals surface area contributed by atoms with Crippen LogP contribution in [-0.4, -0.2) is 41.1 Å². The van der Waals surface area contributed by atoms with Gasteiger partial charge in [-0.05, 0) is 49.6 Å². The number of carbonyl (C=O) groups is 1. The van der Waals surface area contributed by atoms with E-state index in [2.05, 4.69) is 5.32 Å². The number of likely N-dealkylation sites (tertiary alicyclic amines) is 1. The summed E-state index contributed by atoms with van der Waals surface area (Å²) >= 11 is 0. The van der Waals surface area contributed by atoms with E-state index in [1.54, 1.807) is 19.9 Å². The van der Waals surface area contributed by atoms with Gasteiger partial charge in [0.05, 0.1) is 24.5 Å². The number of nitrogens with one attached hydrogen (secondary N) is 1. The quantitative estimate of drug-likeness (QED) is 0.549. The number of hydrogen-bond acceptors (Lipinski definition) is 4. The summed E-state index contributed by atoms with van der Waals surface area (Å²) in [5, 5.41) is 12.4. The van der Waals surface area contributed by atoms with E-state index in [1.165, 1.54) is 23.1 Å². The number of hydrogen-bond donors (Lipinski definition) is 3. The maximum absolute atomic E-state index is 13.6. The topological polar surface area (TPSA) is 78.6 Å². The number of aryl methyl sites for hydroxylation is 2. The van der Waals surface area contributed by atoms with Gasteiger partial charge in [-0.1, -0.05) is 39.3 Å². The van der Waals surface area contributed by atoms with Gasteiger partial charge in [0.2, 0.25) is 6.41 Å². The highest BCUT2D eigenvalue weighted by atomic mass is 19.2. The van der Waals surface area contributed by atoms with Gasteiger partial charge in [-0.25, -0.2) is 13.2 Å². The fourth-order valence-electron chi connectivity index (χ4n) is 3.20. The molecule has 8 heteroatoms. The molecule has 0 spiro atoms. The number of halogens is 3. The van der Waals surface area contributed by atoms with Crippen molar-refractivity contribution in [3.8, 4) is 0 Å². The lowest BCUT2D eigenvalue weighted by atomic mass is 9.85. The Morgan fingerprint density at radius 3 is 2.31 bits per heavy atom. The minimum Gasteiger partial charge on any atom is -0.385 e. The predicted octanol–water partition coefficient (Wildman–Crippen LogP) is 4.81. The van der Waals surface area contributed by atoms with E-state index in [9.17, 15) is 23.1 Å². The summed E-state index contributed by atoms with van der Waals surface area (Å²) in [5.41, 5.74) is 6.27. The molecule has 1 atom stereocenters. The molecule has 1 heterocycles. The van der Waals surface area contributed by atoms with Crippen molar-refractivity contribution in [2.75, 3.05) is 18.4 Å². The first-order chi connectivity index (χ1) is 15.1. The molecule has 0 radical (unpaired) electrons. The van der Waals surface area contributed by atoms with Gasteiger partial charge in [0, 0.05) is 6.04 Å².